The van der Waals surface area contributed by atoms with Gasteiger partial charge in [0.2, 0.25) is 5.13 Å². The maximum Gasteiger partial charge on any atom is 0.208 e. The second-order valence-corrected chi connectivity index (χ2v) is 7.18. The summed E-state index contributed by atoms with van der Waals surface area (Å²) in [5, 5.41) is 13.0. The van der Waals surface area contributed by atoms with Crippen LogP contribution in [0.15, 0.2) is 4.34 Å². The lowest BCUT2D eigenvalue weighted by Crippen LogP contribution is -2.32. The van der Waals surface area contributed by atoms with E-state index in [9.17, 15) is 0 Å². The van der Waals surface area contributed by atoms with E-state index < -0.39 is 0 Å². The van der Waals surface area contributed by atoms with Crippen LogP contribution >= 0.6 is 23.1 Å². The van der Waals surface area contributed by atoms with E-state index in [1.165, 1.54) is 32.1 Å². The van der Waals surface area contributed by atoms with Gasteiger partial charge in [0.25, 0.3) is 0 Å². The Kier molecular flexibility index (Phi) is 5.72. The van der Waals surface area contributed by atoms with Crippen LogP contribution in [0.3, 0.4) is 0 Å². The Balaban J connectivity index is 1.62. The summed E-state index contributed by atoms with van der Waals surface area (Å²) < 4.78 is 1.07. The molecule has 1 N–H and O–H groups in total. The molecule has 0 bridgehead atoms. The molecule has 0 saturated heterocycles. The van der Waals surface area contributed by atoms with Crippen LogP contribution in [-0.2, 0) is 0 Å². The normalized spacial score (nSPS) is 17.0. The molecular weight excluding hydrogens is 264 g/mol. The Labute approximate surface area is 118 Å². The lowest BCUT2D eigenvalue weighted by atomic mass is 9.96. The van der Waals surface area contributed by atoms with Crippen LogP contribution in [0, 0.1) is 0 Å². The van der Waals surface area contributed by atoms with E-state index in [-0.39, 0.29) is 0 Å². The van der Waals surface area contributed by atoms with E-state index in [2.05, 4.69) is 15.5 Å². The van der Waals surface area contributed by atoms with Gasteiger partial charge in [-0.05, 0) is 12.8 Å². The molecule has 1 aromatic rings. The maximum atomic E-state index is 4.18. The summed E-state index contributed by atoms with van der Waals surface area (Å²) in [4.78, 5) is 2.00. The third kappa shape index (κ3) is 4.40. The zero-order chi connectivity index (χ0) is 12.8. The Morgan fingerprint density at radius 3 is 2.72 bits per heavy atom. The highest BCUT2D eigenvalue weighted by Crippen LogP contribution is 2.26. The molecule has 102 valence electrons. The fourth-order valence-electron chi connectivity index (χ4n) is 2.15. The summed E-state index contributed by atoms with van der Waals surface area (Å²) in [5.74, 6) is 1.08. The van der Waals surface area contributed by atoms with Crippen LogP contribution in [0.2, 0.25) is 0 Å². The Hall–Kier alpha value is -0.330. The highest BCUT2D eigenvalue weighted by molar-refractivity contribution is 8.01. The second kappa shape index (κ2) is 7.31. The minimum absolute atomic E-state index is 0.756. The van der Waals surface area contributed by atoms with Crippen LogP contribution < -0.4 is 10.2 Å². The van der Waals surface area contributed by atoms with Gasteiger partial charge < -0.3 is 10.2 Å². The molecule has 0 aromatic carbocycles. The molecule has 1 aliphatic rings. The average Bonchev–Trinajstić information content (AvgIpc) is 2.85. The number of aromatic nitrogens is 2. The zero-order valence-corrected chi connectivity index (χ0v) is 12.8. The molecule has 1 heterocycles. The van der Waals surface area contributed by atoms with Crippen molar-refractivity contribution in [2.75, 3.05) is 31.3 Å². The fourth-order valence-corrected chi connectivity index (χ4v) is 3.85. The van der Waals surface area contributed by atoms with Crippen LogP contribution in [-0.4, -0.2) is 42.6 Å². The van der Waals surface area contributed by atoms with Gasteiger partial charge in [-0.2, -0.15) is 0 Å². The van der Waals surface area contributed by atoms with Crippen LogP contribution in [0.4, 0.5) is 5.13 Å². The summed E-state index contributed by atoms with van der Waals surface area (Å²) in [5.41, 5.74) is 0. The molecule has 18 heavy (non-hydrogen) atoms. The zero-order valence-electron chi connectivity index (χ0n) is 11.2. The van der Waals surface area contributed by atoms with E-state index in [1.807, 2.05) is 19.0 Å². The molecular formula is C12H22N4S2. The molecule has 1 saturated carbocycles. The molecule has 0 amide bonds. The number of nitrogens with one attached hydrogen (secondary N) is 1. The lowest BCUT2D eigenvalue weighted by molar-refractivity contribution is 0.381. The minimum Gasteiger partial charge on any atom is -0.353 e. The molecule has 2 rings (SSSR count). The smallest absolute Gasteiger partial charge is 0.208 e. The van der Waals surface area contributed by atoms with Gasteiger partial charge in [-0.15, -0.1) is 10.2 Å². The van der Waals surface area contributed by atoms with E-state index in [0.717, 1.165) is 27.8 Å². The topological polar surface area (TPSA) is 41.1 Å². The summed E-state index contributed by atoms with van der Waals surface area (Å²) in [7, 11) is 4.00. The highest BCUT2D eigenvalue weighted by atomic mass is 32.2. The predicted molar refractivity (Wildman–Crippen MR) is 79.8 cm³/mol. The highest BCUT2D eigenvalue weighted by Gasteiger charge is 2.12. The summed E-state index contributed by atoms with van der Waals surface area (Å²) >= 11 is 3.47. The first kappa shape index (κ1) is 14.1. The van der Waals surface area contributed by atoms with Crippen LogP contribution in [0.1, 0.15) is 32.1 Å². The van der Waals surface area contributed by atoms with Crippen molar-refractivity contribution >= 4 is 28.2 Å². The first-order valence-electron chi connectivity index (χ1n) is 6.63. The van der Waals surface area contributed by atoms with Gasteiger partial charge in [0, 0.05) is 32.4 Å². The monoisotopic (exact) mass is 286 g/mol. The van der Waals surface area contributed by atoms with Gasteiger partial charge in [0.05, 0.1) is 0 Å². The van der Waals surface area contributed by atoms with Crippen molar-refractivity contribution in [2.24, 2.45) is 0 Å². The Morgan fingerprint density at radius 1 is 1.28 bits per heavy atom. The van der Waals surface area contributed by atoms with Crippen molar-refractivity contribution in [3.63, 3.8) is 0 Å². The van der Waals surface area contributed by atoms with Gasteiger partial charge in [-0.3, -0.25) is 0 Å². The number of anilines is 1. The Bertz CT molecular complexity index is 348. The van der Waals surface area contributed by atoms with E-state index in [1.54, 1.807) is 23.1 Å². The van der Waals surface area contributed by atoms with Crippen LogP contribution in [0.5, 0.6) is 0 Å². The maximum absolute atomic E-state index is 4.18. The summed E-state index contributed by atoms with van der Waals surface area (Å²) in [6, 6.07) is 0.756. The molecule has 6 heteroatoms. The molecule has 0 atom stereocenters. The van der Waals surface area contributed by atoms with Gasteiger partial charge in [0.15, 0.2) is 4.34 Å². The quantitative estimate of drug-likeness (QED) is 0.643. The molecule has 1 aliphatic carbocycles. The third-order valence-electron chi connectivity index (χ3n) is 3.14. The molecule has 0 spiro atoms. The predicted octanol–water partition coefficient (Wildman–Crippen LogP) is 2.62. The van der Waals surface area contributed by atoms with E-state index >= 15 is 0 Å². The molecule has 0 aliphatic heterocycles. The molecule has 4 nitrogen and oxygen atoms in total. The van der Waals surface area contributed by atoms with Crippen molar-refractivity contribution < 1.29 is 0 Å². The minimum atomic E-state index is 0.756. The van der Waals surface area contributed by atoms with Crippen LogP contribution in [0.25, 0.3) is 0 Å². The number of nitrogens with zero attached hydrogens (tertiary/aromatic N) is 3. The summed E-state index contributed by atoms with van der Waals surface area (Å²) in [6.07, 6.45) is 6.92. The van der Waals surface area contributed by atoms with Crippen molar-refractivity contribution in [3.8, 4) is 0 Å². The van der Waals surface area contributed by atoms with Gasteiger partial charge in [-0.1, -0.05) is 42.4 Å². The first-order chi connectivity index (χ1) is 8.75. The van der Waals surface area contributed by atoms with E-state index in [0.29, 0.717) is 0 Å². The van der Waals surface area contributed by atoms with Gasteiger partial charge in [-0.25, -0.2) is 0 Å². The standard InChI is InChI=1S/C12H22N4S2/c1-16(2)11-14-15-12(18-11)17-9-8-13-10-6-4-3-5-7-10/h10,13H,3-9H2,1-2H3. The molecule has 1 fully saturated rings. The molecule has 0 radical (unpaired) electrons. The lowest BCUT2D eigenvalue weighted by Gasteiger charge is -2.22. The fraction of sp³-hybridized carbons (Fsp3) is 0.833. The number of thioether (sulfide) groups is 1. The Morgan fingerprint density at radius 2 is 2.06 bits per heavy atom. The molecule has 0 unspecified atom stereocenters. The average molecular weight is 286 g/mol. The van der Waals surface area contributed by atoms with Gasteiger partial charge in [0.1, 0.15) is 0 Å². The van der Waals surface area contributed by atoms with Crippen molar-refractivity contribution in [1.82, 2.24) is 15.5 Å². The van der Waals surface area contributed by atoms with Gasteiger partial charge >= 0.3 is 0 Å². The SMILES string of the molecule is CN(C)c1nnc(SCCNC2CCCCC2)s1. The van der Waals surface area contributed by atoms with E-state index in [4.69, 9.17) is 0 Å². The first-order valence-corrected chi connectivity index (χ1v) is 8.43. The third-order valence-corrected chi connectivity index (χ3v) is 5.37. The second-order valence-electron chi connectivity index (χ2n) is 4.88. The van der Waals surface area contributed by atoms with Crippen molar-refractivity contribution in [2.45, 2.75) is 42.5 Å². The molecule has 1 aromatic heterocycles. The summed E-state index contributed by atoms with van der Waals surface area (Å²) in [6.45, 7) is 1.08. The van der Waals surface area contributed by atoms with Crippen molar-refractivity contribution in [3.05, 3.63) is 0 Å². The number of rotatable bonds is 6. The van der Waals surface area contributed by atoms with Crippen molar-refractivity contribution in [1.29, 1.82) is 0 Å². The number of hydrogen-bond acceptors (Lipinski definition) is 6. The largest absolute Gasteiger partial charge is 0.353 e. The number of hydrogen-bond donors (Lipinski definition) is 1.